The third kappa shape index (κ3) is 3.06. The Kier molecular flexibility index (Phi) is 4.18. The predicted molar refractivity (Wildman–Crippen MR) is 114 cm³/mol. The second kappa shape index (κ2) is 6.56. The van der Waals surface area contributed by atoms with Gasteiger partial charge in [-0.2, -0.15) is 5.10 Å². The van der Waals surface area contributed by atoms with Gasteiger partial charge in [0.1, 0.15) is 29.6 Å². The highest BCUT2D eigenvalue weighted by Gasteiger charge is 2.31. The van der Waals surface area contributed by atoms with Gasteiger partial charge in [0.2, 0.25) is 0 Å². The molecule has 0 aliphatic heterocycles. The monoisotopic (exact) mass is 425 g/mol. The van der Waals surface area contributed by atoms with Crippen molar-refractivity contribution in [2.45, 2.75) is 53.5 Å². The Bertz CT molecular complexity index is 1290. The molecule has 0 bridgehead atoms. The van der Waals surface area contributed by atoms with Crippen LogP contribution in [0.4, 0.5) is 5.69 Å². The number of hydrogen-bond donors (Lipinski definition) is 0. The molecule has 4 aromatic heterocycles. The summed E-state index contributed by atoms with van der Waals surface area (Å²) in [5, 5.41) is 20.9. The maximum Gasteiger partial charge on any atom is 0.309 e. The van der Waals surface area contributed by atoms with E-state index in [9.17, 15) is 10.1 Å². The number of nitro groups is 1. The standard InChI is InChI=1S/C20H23N7O2S/c1-11-14(27(28)29)8-25(23-11)9-16-22-18-17-13-6-5-12(20(2,3)4)7-15(13)30-19(17)21-10-26(18)24-16/h8,10,12H,5-7,9H2,1-4H3. The summed E-state index contributed by atoms with van der Waals surface area (Å²) < 4.78 is 3.23. The smallest absolute Gasteiger partial charge is 0.258 e. The van der Waals surface area contributed by atoms with Crippen LogP contribution in [-0.4, -0.2) is 34.3 Å². The molecule has 0 N–H and O–H groups in total. The van der Waals surface area contributed by atoms with Gasteiger partial charge in [0.25, 0.3) is 0 Å². The number of fused-ring (bicyclic) bond motifs is 5. The number of thiophene rings is 1. The van der Waals surface area contributed by atoms with E-state index in [0.29, 0.717) is 22.9 Å². The zero-order valence-electron chi connectivity index (χ0n) is 17.4. The van der Waals surface area contributed by atoms with Crippen molar-refractivity contribution < 1.29 is 4.92 Å². The minimum absolute atomic E-state index is 0.00290. The lowest BCUT2D eigenvalue weighted by Crippen LogP contribution is -2.26. The van der Waals surface area contributed by atoms with Crippen molar-refractivity contribution >= 4 is 32.9 Å². The van der Waals surface area contributed by atoms with Crippen LogP contribution in [0.25, 0.3) is 15.9 Å². The van der Waals surface area contributed by atoms with Gasteiger partial charge in [0.15, 0.2) is 11.5 Å². The minimum Gasteiger partial charge on any atom is -0.258 e. The van der Waals surface area contributed by atoms with Gasteiger partial charge in [-0.3, -0.25) is 14.8 Å². The van der Waals surface area contributed by atoms with Gasteiger partial charge in [0, 0.05) is 4.88 Å². The number of aryl methyl sites for hydroxylation is 2. The first-order valence-corrected chi connectivity index (χ1v) is 10.9. The van der Waals surface area contributed by atoms with Gasteiger partial charge in [-0.1, -0.05) is 20.8 Å². The molecule has 0 aromatic carbocycles. The Morgan fingerprint density at radius 1 is 1.33 bits per heavy atom. The van der Waals surface area contributed by atoms with Crippen LogP contribution < -0.4 is 0 Å². The van der Waals surface area contributed by atoms with Gasteiger partial charge in [-0.15, -0.1) is 16.4 Å². The van der Waals surface area contributed by atoms with Crippen molar-refractivity contribution in [2.75, 3.05) is 0 Å². The van der Waals surface area contributed by atoms with Crippen molar-refractivity contribution in [3.63, 3.8) is 0 Å². The number of rotatable bonds is 3. The average molecular weight is 426 g/mol. The molecule has 1 unspecified atom stereocenters. The molecule has 0 saturated heterocycles. The number of hydrogen-bond acceptors (Lipinski definition) is 7. The van der Waals surface area contributed by atoms with E-state index in [0.717, 1.165) is 28.7 Å². The summed E-state index contributed by atoms with van der Waals surface area (Å²) in [5.41, 5.74) is 2.85. The number of aromatic nitrogens is 6. The minimum atomic E-state index is -0.425. The Hall–Kier alpha value is -2.88. The summed E-state index contributed by atoms with van der Waals surface area (Å²) in [6.45, 7) is 8.85. The zero-order chi connectivity index (χ0) is 21.2. The summed E-state index contributed by atoms with van der Waals surface area (Å²) >= 11 is 1.77. The van der Waals surface area contributed by atoms with E-state index >= 15 is 0 Å². The molecule has 10 heteroatoms. The van der Waals surface area contributed by atoms with Crippen LogP contribution >= 0.6 is 11.3 Å². The quantitative estimate of drug-likeness (QED) is 0.364. The topological polar surface area (TPSA) is 104 Å². The fourth-order valence-electron chi connectivity index (χ4n) is 4.34. The zero-order valence-corrected chi connectivity index (χ0v) is 18.2. The van der Waals surface area contributed by atoms with Crippen molar-refractivity contribution in [3.05, 3.63) is 44.6 Å². The fourth-order valence-corrected chi connectivity index (χ4v) is 5.60. The molecular formula is C20H23N7O2S. The molecule has 156 valence electrons. The molecule has 0 radical (unpaired) electrons. The van der Waals surface area contributed by atoms with Crippen LogP contribution in [0.15, 0.2) is 12.5 Å². The molecule has 30 heavy (non-hydrogen) atoms. The van der Waals surface area contributed by atoms with Gasteiger partial charge in [-0.05, 0) is 43.1 Å². The van der Waals surface area contributed by atoms with Gasteiger partial charge < -0.3 is 0 Å². The average Bonchev–Trinajstić information content (AvgIpc) is 3.34. The maximum absolute atomic E-state index is 11.1. The van der Waals surface area contributed by atoms with Gasteiger partial charge in [0.05, 0.1) is 10.3 Å². The Morgan fingerprint density at radius 2 is 2.13 bits per heavy atom. The fraction of sp³-hybridized carbons (Fsp3) is 0.500. The van der Waals surface area contributed by atoms with E-state index in [2.05, 4.69) is 36.0 Å². The third-order valence-electron chi connectivity index (χ3n) is 6.08. The first kappa shape index (κ1) is 19.1. The molecule has 0 fully saturated rings. The molecule has 0 saturated carbocycles. The van der Waals surface area contributed by atoms with Crippen molar-refractivity contribution in [3.8, 4) is 0 Å². The summed E-state index contributed by atoms with van der Waals surface area (Å²) in [7, 11) is 0. The van der Waals surface area contributed by atoms with Crippen LogP contribution in [-0.2, 0) is 19.4 Å². The second-order valence-corrected chi connectivity index (χ2v) is 10.2. The summed E-state index contributed by atoms with van der Waals surface area (Å²) in [5.74, 6) is 1.23. The van der Waals surface area contributed by atoms with E-state index < -0.39 is 4.92 Å². The first-order valence-electron chi connectivity index (χ1n) is 10.0. The third-order valence-corrected chi connectivity index (χ3v) is 7.24. The van der Waals surface area contributed by atoms with E-state index in [-0.39, 0.29) is 12.2 Å². The second-order valence-electron chi connectivity index (χ2n) is 9.08. The molecule has 1 aliphatic rings. The van der Waals surface area contributed by atoms with Crippen LogP contribution in [0.1, 0.15) is 49.2 Å². The van der Waals surface area contributed by atoms with Crippen molar-refractivity contribution in [1.29, 1.82) is 0 Å². The Balaban J connectivity index is 1.54. The molecule has 5 rings (SSSR count). The molecule has 0 spiro atoms. The Morgan fingerprint density at radius 3 is 2.83 bits per heavy atom. The highest BCUT2D eigenvalue weighted by molar-refractivity contribution is 7.19. The highest BCUT2D eigenvalue weighted by Crippen LogP contribution is 2.43. The SMILES string of the molecule is Cc1nn(Cc2nc3c4c5c(sc4ncn3n2)CC(C(C)(C)C)CC5)cc1[N+](=O)[O-]. The van der Waals surface area contributed by atoms with Crippen LogP contribution in [0, 0.1) is 28.4 Å². The van der Waals surface area contributed by atoms with E-state index in [1.54, 1.807) is 29.1 Å². The molecular weight excluding hydrogens is 402 g/mol. The molecule has 9 nitrogen and oxygen atoms in total. The summed E-state index contributed by atoms with van der Waals surface area (Å²) in [4.78, 5) is 22.5. The van der Waals surface area contributed by atoms with Crippen molar-refractivity contribution in [1.82, 2.24) is 29.4 Å². The molecule has 1 atom stereocenters. The van der Waals surface area contributed by atoms with E-state index in [1.807, 2.05) is 0 Å². The van der Waals surface area contributed by atoms with Crippen LogP contribution in [0.5, 0.6) is 0 Å². The van der Waals surface area contributed by atoms with Gasteiger partial charge >= 0.3 is 5.69 Å². The summed E-state index contributed by atoms with van der Waals surface area (Å²) in [6, 6.07) is 0. The molecule has 4 heterocycles. The van der Waals surface area contributed by atoms with Crippen LogP contribution in [0.2, 0.25) is 0 Å². The maximum atomic E-state index is 11.1. The lowest BCUT2D eigenvalue weighted by atomic mass is 9.72. The Labute approximate surface area is 176 Å². The van der Waals surface area contributed by atoms with Crippen molar-refractivity contribution in [2.24, 2.45) is 11.3 Å². The number of nitrogens with zero attached hydrogens (tertiary/aromatic N) is 7. The molecule has 1 aliphatic carbocycles. The molecule has 0 amide bonds. The molecule has 4 aromatic rings. The van der Waals surface area contributed by atoms with Gasteiger partial charge in [-0.25, -0.2) is 14.5 Å². The largest absolute Gasteiger partial charge is 0.309 e. The highest BCUT2D eigenvalue weighted by atomic mass is 32.1. The lowest BCUT2D eigenvalue weighted by molar-refractivity contribution is -0.385. The summed E-state index contributed by atoms with van der Waals surface area (Å²) in [6.07, 6.45) is 6.41. The van der Waals surface area contributed by atoms with Crippen LogP contribution in [0.3, 0.4) is 0 Å². The van der Waals surface area contributed by atoms with E-state index in [1.165, 1.54) is 27.7 Å². The lowest BCUT2D eigenvalue weighted by Gasteiger charge is -2.33. The predicted octanol–water partition coefficient (Wildman–Crippen LogP) is 3.95. The first-order chi connectivity index (χ1) is 14.2. The van der Waals surface area contributed by atoms with E-state index in [4.69, 9.17) is 4.98 Å². The normalized spacial score (nSPS) is 17.0.